The topological polar surface area (TPSA) is 46.2 Å². The average molecular weight is 342 g/mol. The Labute approximate surface area is 126 Å². The molecule has 0 amide bonds. The maximum absolute atomic E-state index is 12.4. The molecule has 21 heavy (non-hydrogen) atoms. The molecular weight excluding hydrogens is 327 g/mol. The number of alkyl halides is 4. The molecular formula is C13H15ClF3NO2S. The van der Waals surface area contributed by atoms with Gasteiger partial charge in [-0.25, -0.2) is 8.42 Å². The zero-order valence-electron chi connectivity index (χ0n) is 11.0. The first-order chi connectivity index (χ1) is 9.75. The number of sulfone groups is 1. The SMILES string of the molecule is O=S(=O)(c1ccc(NC2CCCC2CCl)cc1)C(F)(F)F. The Morgan fingerprint density at radius 1 is 1.19 bits per heavy atom. The summed E-state index contributed by atoms with van der Waals surface area (Å²) in [6.07, 6.45) is 3.01. The Morgan fingerprint density at radius 3 is 2.33 bits per heavy atom. The minimum atomic E-state index is -5.28. The van der Waals surface area contributed by atoms with Crippen LogP contribution in [0.25, 0.3) is 0 Å². The number of hydrogen-bond donors (Lipinski definition) is 1. The first-order valence-corrected chi connectivity index (χ1v) is 8.51. The summed E-state index contributed by atoms with van der Waals surface area (Å²) in [7, 11) is -5.28. The second kappa shape index (κ2) is 6.04. The van der Waals surface area contributed by atoms with Crippen LogP contribution in [0.5, 0.6) is 0 Å². The predicted octanol–water partition coefficient (Wildman–Crippen LogP) is 3.80. The second-order valence-electron chi connectivity index (χ2n) is 5.07. The van der Waals surface area contributed by atoms with Crippen molar-refractivity contribution in [3.8, 4) is 0 Å². The van der Waals surface area contributed by atoms with Crippen LogP contribution in [0.1, 0.15) is 19.3 Å². The van der Waals surface area contributed by atoms with Gasteiger partial charge in [-0.05, 0) is 43.0 Å². The molecule has 0 aromatic heterocycles. The van der Waals surface area contributed by atoms with E-state index in [1.807, 2.05) is 0 Å². The molecule has 1 aliphatic carbocycles. The van der Waals surface area contributed by atoms with E-state index in [1.54, 1.807) is 0 Å². The molecule has 1 saturated carbocycles. The highest BCUT2D eigenvalue weighted by molar-refractivity contribution is 7.92. The summed E-state index contributed by atoms with van der Waals surface area (Å²) in [6.45, 7) is 0. The quantitative estimate of drug-likeness (QED) is 0.847. The Kier molecular flexibility index (Phi) is 4.72. The van der Waals surface area contributed by atoms with Gasteiger partial charge in [0.15, 0.2) is 0 Å². The normalized spacial score (nSPS) is 23.2. The van der Waals surface area contributed by atoms with Crippen LogP contribution in [-0.4, -0.2) is 25.8 Å². The van der Waals surface area contributed by atoms with Gasteiger partial charge >= 0.3 is 5.51 Å². The monoisotopic (exact) mass is 341 g/mol. The Balaban J connectivity index is 2.13. The van der Waals surface area contributed by atoms with Crippen molar-refractivity contribution in [3.05, 3.63) is 24.3 Å². The zero-order chi connectivity index (χ0) is 15.7. The van der Waals surface area contributed by atoms with Gasteiger partial charge in [0.05, 0.1) is 4.90 Å². The summed E-state index contributed by atoms with van der Waals surface area (Å²) in [6, 6.07) is 4.81. The van der Waals surface area contributed by atoms with Gasteiger partial charge in [-0.15, -0.1) is 11.6 Å². The molecule has 3 nitrogen and oxygen atoms in total. The Bertz CT molecular complexity index is 586. The van der Waals surface area contributed by atoms with E-state index in [4.69, 9.17) is 11.6 Å². The second-order valence-corrected chi connectivity index (χ2v) is 7.32. The van der Waals surface area contributed by atoms with Crippen molar-refractivity contribution in [1.29, 1.82) is 0 Å². The van der Waals surface area contributed by atoms with Crippen molar-refractivity contribution < 1.29 is 21.6 Å². The predicted molar refractivity (Wildman–Crippen MR) is 75.2 cm³/mol. The summed E-state index contributed by atoms with van der Waals surface area (Å²) < 4.78 is 59.8. The van der Waals surface area contributed by atoms with Crippen molar-refractivity contribution in [1.82, 2.24) is 0 Å². The Morgan fingerprint density at radius 2 is 1.81 bits per heavy atom. The summed E-state index contributed by atoms with van der Waals surface area (Å²) in [5.41, 5.74) is -4.69. The molecule has 0 heterocycles. The lowest BCUT2D eigenvalue weighted by Crippen LogP contribution is -2.25. The number of nitrogens with one attached hydrogen (secondary N) is 1. The molecule has 1 aliphatic rings. The molecule has 1 fully saturated rings. The highest BCUT2D eigenvalue weighted by Gasteiger charge is 2.46. The molecule has 0 bridgehead atoms. The molecule has 118 valence electrons. The van der Waals surface area contributed by atoms with Crippen LogP contribution in [0.15, 0.2) is 29.2 Å². The van der Waals surface area contributed by atoms with E-state index in [0.717, 1.165) is 31.4 Å². The van der Waals surface area contributed by atoms with Gasteiger partial charge in [0.2, 0.25) is 0 Å². The third-order valence-electron chi connectivity index (χ3n) is 3.68. The molecule has 2 atom stereocenters. The molecule has 0 saturated heterocycles. The number of halogens is 4. The first-order valence-electron chi connectivity index (χ1n) is 6.49. The van der Waals surface area contributed by atoms with Gasteiger partial charge < -0.3 is 5.32 Å². The van der Waals surface area contributed by atoms with E-state index in [0.29, 0.717) is 17.5 Å². The van der Waals surface area contributed by atoms with Crippen LogP contribution in [0.4, 0.5) is 18.9 Å². The van der Waals surface area contributed by atoms with Gasteiger partial charge in [0, 0.05) is 17.6 Å². The largest absolute Gasteiger partial charge is 0.501 e. The van der Waals surface area contributed by atoms with E-state index in [9.17, 15) is 21.6 Å². The minimum absolute atomic E-state index is 0.174. The Hall–Kier alpha value is -0.950. The third kappa shape index (κ3) is 3.45. The standard InChI is InChI=1S/C13H15ClF3NO2S/c14-8-9-2-1-3-12(9)18-10-4-6-11(7-5-10)21(19,20)13(15,16)17/h4-7,9,12,18H,1-3,8H2. The fourth-order valence-corrected chi connectivity index (χ4v) is 3.62. The molecule has 2 unspecified atom stereocenters. The fourth-order valence-electron chi connectivity index (χ4n) is 2.49. The molecule has 2 rings (SSSR count). The molecule has 1 N–H and O–H groups in total. The minimum Gasteiger partial charge on any atom is -0.382 e. The van der Waals surface area contributed by atoms with Crippen LogP contribution >= 0.6 is 11.6 Å². The number of anilines is 1. The van der Waals surface area contributed by atoms with Gasteiger partial charge in [-0.3, -0.25) is 0 Å². The van der Waals surface area contributed by atoms with Gasteiger partial charge in [0.25, 0.3) is 9.84 Å². The fraction of sp³-hybridized carbons (Fsp3) is 0.538. The average Bonchev–Trinajstić information content (AvgIpc) is 2.85. The zero-order valence-corrected chi connectivity index (χ0v) is 12.6. The van der Waals surface area contributed by atoms with Crippen LogP contribution in [0.3, 0.4) is 0 Å². The molecule has 1 aromatic rings. The lowest BCUT2D eigenvalue weighted by atomic mass is 10.1. The van der Waals surface area contributed by atoms with Crippen molar-refractivity contribution in [2.45, 2.75) is 35.7 Å². The first kappa shape index (κ1) is 16.4. The van der Waals surface area contributed by atoms with Crippen LogP contribution in [0.2, 0.25) is 0 Å². The van der Waals surface area contributed by atoms with E-state index in [2.05, 4.69) is 5.32 Å². The van der Waals surface area contributed by atoms with E-state index in [1.165, 1.54) is 12.1 Å². The lowest BCUT2D eigenvalue weighted by molar-refractivity contribution is -0.0436. The molecule has 0 radical (unpaired) electrons. The highest BCUT2D eigenvalue weighted by atomic mass is 35.5. The van der Waals surface area contributed by atoms with Crippen LogP contribution in [-0.2, 0) is 9.84 Å². The smallest absolute Gasteiger partial charge is 0.382 e. The van der Waals surface area contributed by atoms with Crippen molar-refractivity contribution in [3.63, 3.8) is 0 Å². The van der Waals surface area contributed by atoms with Gasteiger partial charge in [-0.1, -0.05) is 6.42 Å². The molecule has 8 heteroatoms. The summed E-state index contributed by atoms with van der Waals surface area (Å²) >= 11 is 5.86. The van der Waals surface area contributed by atoms with E-state index in [-0.39, 0.29) is 6.04 Å². The van der Waals surface area contributed by atoms with Crippen LogP contribution in [0, 0.1) is 5.92 Å². The summed E-state index contributed by atoms with van der Waals surface area (Å²) in [5, 5.41) is 3.20. The van der Waals surface area contributed by atoms with Crippen molar-refractivity contribution in [2.24, 2.45) is 5.92 Å². The molecule has 0 spiro atoms. The summed E-state index contributed by atoms with van der Waals surface area (Å²) in [4.78, 5) is -0.749. The third-order valence-corrected chi connectivity index (χ3v) is 5.58. The molecule has 1 aromatic carbocycles. The number of hydrogen-bond acceptors (Lipinski definition) is 3. The maximum atomic E-state index is 12.4. The number of benzene rings is 1. The van der Waals surface area contributed by atoms with Crippen molar-refractivity contribution in [2.75, 3.05) is 11.2 Å². The van der Waals surface area contributed by atoms with Crippen molar-refractivity contribution >= 4 is 27.1 Å². The van der Waals surface area contributed by atoms with E-state index < -0.39 is 20.2 Å². The molecule has 0 aliphatic heterocycles. The van der Waals surface area contributed by atoms with E-state index >= 15 is 0 Å². The van der Waals surface area contributed by atoms with Gasteiger partial charge in [-0.2, -0.15) is 13.2 Å². The van der Waals surface area contributed by atoms with Gasteiger partial charge in [0.1, 0.15) is 0 Å². The highest BCUT2D eigenvalue weighted by Crippen LogP contribution is 2.32. The lowest BCUT2D eigenvalue weighted by Gasteiger charge is -2.20. The van der Waals surface area contributed by atoms with Crippen LogP contribution < -0.4 is 5.32 Å². The summed E-state index contributed by atoms with van der Waals surface area (Å²) in [5.74, 6) is 0.850. The number of rotatable bonds is 4. The maximum Gasteiger partial charge on any atom is 0.501 e.